The van der Waals surface area contributed by atoms with Crippen molar-refractivity contribution in [1.29, 1.82) is 0 Å². The molecule has 1 aromatic rings. The van der Waals surface area contributed by atoms with Crippen molar-refractivity contribution >= 4 is 11.6 Å². The fourth-order valence-electron chi connectivity index (χ4n) is 3.83. The Labute approximate surface area is 165 Å². The summed E-state index contributed by atoms with van der Waals surface area (Å²) in [5, 5.41) is 7.94. The maximum absolute atomic E-state index is 12.6. The molecule has 2 atom stereocenters. The fraction of sp³-hybridized carbons (Fsp3) is 0.500. The van der Waals surface area contributed by atoms with E-state index < -0.39 is 12.5 Å². The van der Waals surface area contributed by atoms with E-state index in [1.54, 1.807) is 25.1 Å². The number of morpholine rings is 1. The first kappa shape index (κ1) is 20.0. The van der Waals surface area contributed by atoms with E-state index in [0.29, 0.717) is 48.7 Å². The molecule has 158 valence electrons. The first-order valence-electron chi connectivity index (χ1n) is 9.24. The van der Waals surface area contributed by atoms with Crippen LogP contribution in [0.3, 0.4) is 0 Å². The largest absolute Gasteiger partial charge is 0.573 e. The molecule has 3 N–H and O–H groups in total. The SMILES string of the molecule is Cc1cc(OC(F)(F)F)cc(C)c1N1C=C2C(=O)NC(N3CCOCC3)NC2N1. The number of rotatable bonds is 3. The number of halogens is 3. The van der Waals surface area contributed by atoms with Crippen molar-refractivity contribution in [3.05, 3.63) is 35.0 Å². The van der Waals surface area contributed by atoms with Crippen molar-refractivity contribution < 1.29 is 27.4 Å². The third-order valence-electron chi connectivity index (χ3n) is 5.05. The van der Waals surface area contributed by atoms with Gasteiger partial charge in [0.2, 0.25) is 0 Å². The highest BCUT2D eigenvalue weighted by atomic mass is 19.4. The van der Waals surface area contributed by atoms with Crippen LogP contribution in [0.4, 0.5) is 18.9 Å². The number of carbonyl (C=O) groups is 1. The number of carbonyl (C=O) groups excluding carboxylic acids is 1. The van der Waals surface area contributed by atoms with Crippen LogP contribution in [-0.2, 0) is 9.53 Å². The van der Waals surface area contributed by atoms with Gasteiger partial charge in [0, 0.05) is 19.3 Å². The van der Waals surface area contributed by atoms with E-state index in [1.807, 2.05) is 0 Å². The molecule has 3 aliphatic rings. The summed E-state index contributed by atoms with van der Waals surface area (Å²) in [4.78, 5) is 14.7. The third-order valence-corrected chi connectivity index (χ3v) is 5.05. The summed E-state index contributed by atoms with van der Waals surface area (Å²) in [6.07, 6.45) is -3.84. The second-order valence-electron chi connectivity index (χ2n) is 7.16. The topological polar surface area (TPSA) is 78.1 Å². The number of ether oxygens (including phenoxy) is 2. The van der Waals surface area contributed by atoms with Crippen molar-refractivity contribution in [2.75, 3.05) is 31.3 Å². The van der Waals surface area contributed by atoms with Gasteiger partial charge in [0.15, 0.2) is 0 Å². The molecule has 3 heterocycles. The van der Waals surface area contributed by atoms with Gasteiger partial charge in [0.05, 0.1) is 24.5 Å². The molecule has 2 unspecified atom stereocenters. The average Bonchev–Trinajstić information content (AvgIpc) is 3.04. The number of nitrogens with one attached hydrogen (secondary N) is 3. The Morgan fingerprint density at radius 2 is 1.83 bits per heavy atom. The molecule has 2 saturated heterocycles. The van der Waals surface area contributed by atoms with Crippen LogP contribution in [0, 0.1) is 13.8 Å². The molecule has 2 fully saturated rings. The van der Waals surface area contributed by atoms with E-state index >= 15 is 0 Å². The lowest BCUT2D eigenvalue weighted by Gasteiger charge is -2.40. The Kier molecular flexibility index (Phi) is 5.15. The Balaban J connectivity index is 1.53. The predicted octanol–water partition coefficient (Wildman–Crippen LogP) is 1.07. The zero-order valence-electron chi connectivity index (χ0n) is 16.0. The zero-order chi connectivity index (χ0) is 20.8. The molecule has 0 aromatic heterocycles. The molecule has 3 aliphatic heterocycles. The van der Waals surface area contributed by atoms with Crippen molar-refractivity contribution in [1.82, 2.24) is 21.0 Å². The lowest BCUT2D eigenvalue weighted by Crippen LogP contribution is -2.68. The molecule has 0 radical (unpaired) electrons. The van der Waals surface area contributed by atoms with E-state index in [0.717, 1.165) is 0 Å². The molecule has 0 saturated carbocycles. The van der Waals surface area contributed by atoms with Gasteiger partial charge < -0.3 is 14.8 Å². The number of benzene rings is 1. The van der Waals surface area contributed by atoms with E-state index in [2.05, 4.69) is 25.7 Å². The van der Waals surface area contributed by atoms with E-state index in [1.165, 1.54) is 12.1 Å². The molecule has 0 aliphatic carbocycles. The van der Waals surface area contributed by atoms with Crippen LogP contribution < -0.4 is 25.8 Å². The van der Waals surface area contributed by atoms with E-state index in [4.69, 9.17) is 4.74 Å². The highest BCUT2D eigenvalue weighted by molar-refractivity contribution is 5.97. The van der Waals surface area contributed by atoms with Crippen molar-refractivity contribution in [2.45, 2.75) is 32.7 Å². The normalized spacial score (nSPS) is 25.5. The number of aryl methyl sites for hydroxylation is 2. The molecule has 11 heteroatoms. The second kappa shape index (κ2) is 7.48. The Bertz CT molecular complexity index is 816. The maximum atomic E-state index is 12.6. The van der Waals surface area contributed by atoms with Gasteiger partial charge in [0.1, 0.15) is 18.2 Å². The minimum Gasteiger partial charge on any atom is -0.406 e. The highest BCUT2D eigenvalue weighted by Gasteiger charge is 2.39. The van der Waals surface area contributed by atoms with Gasteiger partial charge in [-0.05, 0) is 37.1 Å². The predicted molar refractivity (Wildman–Crippen MR) is 97.5 cm³/mol. The Morgan fingerprint density at radius 1 is 1.17 bits per heavy atom. The fourth-order valence-corrected chi connectivity index (χ4v) is 3.83. The summed E-state index contributed by atoms with van der Waals surface area (Å²) in [6.45, 7) is 5.99. The van der Waals surface area contributed by atoms with Crippen molar-refractivity contribution in [3.63, 3.8) is 0 Å². The zero-order valence-corrected chi connectivity index (χ0v) is 16.0. The number of amides is 1. The van der Waals surface area contributed by atoms with Gasteiger partial charge in [-0.3, -0.25) is 20.0 Å². The Hall–Kier alpha value is -2.34. The lowest BCUT2D eigenvalue weighted by atomic mass is 10.1. The number of hydrazine groups is 1. The molecule has 29 heavy (non-hydrogen) atoms. The third kappa shape index (κ3) is 4.17. The first-order valence-corrected chi connectivity index (χ1v) is 9.24. The molecule has 4 rings (SSSR count). The van der Waals surface area contributed by atoms with Gasteiger partial charge in [-0.1, -0.05) is 0 Å². The summed E-state index contributed by atoms with van der Waals surface area (Å²) in [5.74, 6) is -0.476. The van der Waals surface area contributed by atoms with Crippen LogP contribution in [0.5, 0.6) is 5.75 Å². The van der Waals surface area contributed by atoms with Crippen molar-refractivity contribution in [3.8, 4) is 5.75 Å². The summed E-state index contributed by atoms with van der Waals surface area (Å²) in [6, 6.07) is 2.64. The van der Waals surface area contributed by atoms with Gasteiger partial charge in [0.25, 0.3) is 5.91 Å². The molecular formula is C18H22F3N5O3. The lowest BCUT2D eigenvalue weighted by molar-refractivity contribution is -0.274. The van der Waals surface area contributed by atoms with Crippen LogP contribution in [0.2, 0.25) is 0 Å². The minimum absolute atomic E-state index is 0.201. The second-order valence-corrected chi connectivity index (χ2v) is 7.16. The van der Waals surface area contributed by atoms with Crippen LogP contribution in [0.25, 0.3) is 0 Å². The summed E-state index contributed by atoms with van der Waals surface area (Å²) >= 11 is 0. The smallest absolute Gasteiger partial charge is 0.406 e. The molecular weight excluding hydrogens is 391 g/mol. The quantitative estimate of drug-likeness (QED) is 0.684. The monoisotopic (exact) mass is 413 g/mol. The van der Waals surface area contributed by atoms with E-state index in [9.17, 15) is 18.0 Å². The average molecular weight is 413 g/mol. The number of anilines is 1. The van der Waals surface area contributed by atoms with Gasteiger partial charge in [-0.2, -0.15) is 0 Å². The molecule has 1 amide bonds. The number of hydrogen-bond donors (Lipinski definition) is 3. The number of fused-ring (bicyclic) bond motifs is 1. The Morgan fingerprint density at radius 3 is 2.45 bits per heavy atom. The van der Waals surface area contributed by atoms with Crippen LogP contribution >= 0.6 is 0 Å². The summed E-state index contributed by atoms with van der Waals surface area (Å²) in [7, 11) is 0. The summed E-state index contributed by atoms with van der Waals surface area (Å²) < 4.78 is 46.9. The molecule has 1 aromatic carbocycles. The summed E-state index contributed by atoms with van der Waals surface area (Å²) in [5.41, 5.74) is 5.54. The standard InChI is InChI=1S/C18H22F3N5O3/c1-10-7-12(29-18(19,20)21)8-11(2)14(10)26-9-13-15(24-26)22-17(23-16(13)27)25-3-5-28-6-4-25/h7-9,15,17,22,24H,3-6H2,1-2H3,(H,23,27). The number of hydrogen-bond acceptors (Lipinski definition) is 7. The minimum atomic E-state index is -4.75. The molecule has 0 spiro atoms. The maximum Gasteiger partial charge on any atom is 0.573 e. The van der Waals surface area contributed by atoms with Gasteiger partial charge in [-0.15, -0.1) is 13.2 Å². The first-order chi connectivity index (χ1) is 13.7. The van der Waals surface area contributed by atoms with Gasteiger partial charge >= 0.3 is 6.36 Å². The molecule has 8 nitrogen and oxygen atoms in total. The van der Waals surface area contributed by atoms with Gasteiger partial charge in [-0.25, -0.2) is 5.43 Å². The van der Waals surface area contributed by atoms with Crippen molar-refractivity contribution in [2.24, 2.45) is 0 Å². The van der Waals surface area contributed by atoms with Crippen LogP contribution in [-0.4, -0.2) is 55.9 Å². The highest BCUT2D eigenvalue weighted by Crippen LogP contribution is 2.34. The number of nitrogens with zero attached hydrogens (tertiary/aromatic N) is 2. The van der Waals surface area contributed by atoms with Crippen LogP contribution in [0.1, 0.15) is 11.1 Å². The molecule has 0 bridgehead atoms. The number of alkyl halides is 3. The van der Waals surface area contributed by atoms with Crippen LogP contribution in [0.15, 0.2) is 23.9 Å². The van der Waals surface area contributed by atoms with E-state index in [-0.39, 0.29) is 17.9 Å².